The minimum absolute atomic E-state index is 0.0517. The van der Waals surface area contributed by atoms with Gasteiger partial charge in [0.25, 0.3) is 0 Å². The molecule has 2 heterocycles. The number of aliphatic hydroxyl groups excluding tert-OH is 1. The number of benzene rings is 2. The number of hydrogen-bond donors (Lipinski definition) is 1. The number of hydrogen-bond acceptors (Lipinski definition) is 17. The largest absolute Gasteiger partial charge is 0.490 e. The average Bonchev–Trinajstić information content (AvgIpc) is 3.17. The van der Waals surface area contributed by atoms with E-state index in [9.17, 15) is 24.3 Å². The zero-order valence-electron chi connectivity index (χ0n) is 30.1. The smallest absolute Gasteiger partial charge is 0.374 e. The van der Waals surface area contributed by atoms with Gasteiger partial charge in [0.05, 0.1) is 66.1 Å². The van der Waals surface area contributed by atoms with E-state index in [1.807, 2.05) is 0 Å². The lowest BCUT2D eigenvalue weighted by molar-refractivity contribution is 0.00444. The lowest BCUT2D eigenvalue weighted by Gasteiger charge is -2.15. The van der Waals surface area contributed by atoms with Gasteiger partial charge >= 0.3 is 11.9 Å². The van der Waals surface area contributed by atoms with Crippen LogP contribution in [0.5, 0.6) is 11.5 Å². The van der Waals surface area contributed by atoms with Crippen molar-refractivity contribution in [3.05, 3.63) is 80.5 Å². The maximum Gasteiger partial charge on any atom is 0.374 e. The third-order valence-corrected chi connectivity index (χ3v) is 7.23. The van der Waals surface area contributed by atoms with Gasteiger partial charge in [0.2, 0.25) is 11.5 Å². The highest BCUT2D eigenvalue weighted by molar-refractivity contribution is 5.91. The molecule has 0 saturated heterocycles. The van der Waals surface area contributed by atoms with Crippen molar-refractivity contribution in [2.24, 2.45) is 0 Å². The predicted octanol–water partition coefficient (Wildman–Crippen LogP) is 2.39. The molecule has 0 saturated carbocycles. The summed E-state index contributed by atoms with van der Waals surface area (Å²) < 4.78 is 64.0. The Morgan fingerprint density at radius 1 is 0.574 bits per heavy atom. The molecular weight excluding hydrogens is 716 g/mol. The van der Waals surface area contributed by atoms with Crippen LogP contribution < -0.4 is 20.3 Å². The minimum atomic E-state index is -1.21. The Kier molecular flexibility index (Phi) is 17.9. The van der Waals surface area contributed by atoms with Gasteiger partial charge in [0.1, 0.15) is 66.0 Å². The molecule has 1 N–H and O–H groups in total. The number of esters is 2. The molecule has 0 aliphatic carbocycles. The van der Waals surface area contributed by atoms with Crippen LogP contribution in [0, 0.1) is 0 Å². The van der Waals surface area contributed by atoms with Crippen LogP contribution in [-0.2, 0) is 37.9 Å². The molecule has 0 spiro atoms. The lowest BCUT2D eigenvalue weighted by Crippen LogP contribution is -2.25. The van der Waals surface area contributed by atoms with E-state index in [0.29, 0.717) is 52.9 Å². The van der Waals surface area contributed by atoms with Gasteiger partial charge in [-0.2, -0.15) is 0 Å². The van der Waals surface area contributed by atoms with E-state index >= 15 is 0 Å². The van der Waals surface area contributed by atoms with Gasteiger partial charge in [-0.3, -0.25) is 9.59 Å². The molecule has 0 unspecified atom stereocenters. The van der Waals surface area contributed by atoms with E-state index in [4.69, 9.17) is 56.2 Å². The molecule has 17 nitrogen and oxygen atoms in total. The summed E-state index contributed by atoms with van der Waals surface area (Å²) >= 11 is 0. The maximum absolute atomic E-state index is 13.0. The molecule has 0 radical (unpaired) electrons. The number of carbonyl (C=O) groups excluding carboxylic acids is 2. The van der Waals surface area contributed by atoms with E-state index in [2.05, 4.69) is 0 Å². The number of carbonyl (C=O) groups is 2. The first kappa shape index (κ1) is 41.9. The second kappa shape index (κ2) is 23.0. The fourth-order valence-electron chi connectivity index (χ4n) is 4.68. The molecule has 0 amide bonds. The number of methoxy groups -OCH3 is 2. The van der Waals surface area contributed by atoms with Crippen LogP contribution in [-0.4, -0.2) is 130 Å². The topological polar surface area (TPSA) is 207 Å². The van der Waals surface area contributed by atoms with Gasteiger partial charge in [0.15, 0.2) is 10.9 Å². The second-order valence-corrected chi connectivity index (χ2v) is 11.2. The Morgan fingerprint density at radius 2 is 0.944 bits per heavy atom. The molecule has 294 valence electrons. The van der Waals surface area contributed by atoms with Gasteiger partial charge in [-0.25, -0.2) is 9.59 Å². The van der Waals surface area contributed by atoms with Crippen molar-refractivity contribution in [2.75, 3.05) is 107 Å². The first-order chi connectivity index (χ1) is 26.3. The summed E-state index contributed by atoms with van der Waals surface area (Å²) in [5.74, 6) is -2.08. The van der Waals surface area contributed by atoms with Crippen LogP contribution in [0.25, 0.3) is 21.9 Å². The summed E-state index contributed by atoms with van der Waals surface area (Å²) in [4.78, 5) is 51.0. The molecule has 0 atom stereocenters. The van der Waals surface area contributed by atoms with Crippen molar-refractivity contribution in [2.45, 2.75) is 6.10 Å². The van der Waals surface area contributed by atoms with Crippen molar-refractivity contribution in [3.8, 4) is 11.5 Å². The molecule has 2 aromatic carbocycles. The Labute approximate surface area is 309 Å². The van der Waals surface area contributed by atoms with Gasteiger partial charge < -0.3 is 61.3 Å². The third kappa shape index (κ3) is 13.2. The summed E-state index contributed by atoms with van der Waals surface area (Å²) in [7, 11) is 3.15. The first-order valence-corrected chi connectivity index (χ1v) is 17.0. The van der Waals surface area contributed by atoms with Gasteiger partial charge in [-0.15, -0.1) is 0 Å². The zero-order chi connectivity index (χ0) is 38.5. The van der Waals surface area contributed by atoms with Gasteiger partial charge in [-0.05, 0) is 24.3 Å². The second-order valence-electron chi connectivity index (χ2n) is 11.2. The van der Waals surface area contributed by atoms with Crippen molar-refractivity contribution < 1.29 is 70.9 Å². The highest BCUT2D eigenvalue weighted by Crippen LogP contribution is 2.25. The normalized spacial score (nSPS) is 11.3. The molecule has 0 fully saturated rings. The van der Waals surface area contributed by atoms with Crippen molar-refractivity contribution in [3.63, 3.8) is 0 Å². The summed E-state index contributed by atoms with van der Waals surface area (Å²) in [6.07, 6.45) is -1.21. The molecule has 17 heteroatoms. The Morgan fingerprint density at radius 3 is 1.33 bits per heavy atom. The minimum Gasteiger partial charge on any atom is -0.490 e. The van der Waals surface area contributed by atoms with E-state index < -0.39 is 28.9 Å². The Balaban J connectivity index is 1.25. The summed E-state index contributed by atoms with van der Waals surface area (Å²) in [6, 6.07) is 11.1. The van der Waals surface area contributed by atoms with Crippen LogP contribution in [0.1, 0.15) is 21.1 Å². The van der Waals surface area contributed by atoms with Crippen LogP contribution in [0.4, 0.5) is 0 Å². The average molecular weight is 761 g/mol. The zero-order valence-corrected chi connectivity index (χ0v) is 30.1. The molecule has 0 aliphatic heterocycles. The fourth-order valence-corrected chi connectivity index (χ4v) is 4.68. The Hall–Kier alpha value is -4.88. The van der Waals surface area contributed by atoms with Crippen LogP contribution in [0.2, 0.25) is 0 Å². The maximum atomic E-state index is 13.0. The number of fused-ring (bicyclic) bond motifs is 2. The predicted molar refractivity (Wildman–Crippen MR) is 190 cm³/mol. The van der Waals surface area contributed by atoms with Gasteiger partial charge in [0, 0.05) is 26.4 Å². The quantitative estimate of drug-likeness (QED) is 0.0720. The molecular formula is C37H44O17. The van der Waals surface area contributed by atoms with Crippen LogP contribution >= 0.6 is 0 Å². The van der Waals surface area contributed by atoms with Gasteiger partial charge in [-0.1, -0.05) is 12.1 Å². The van der Waals surface area contributed by atoms with E-state index in [0.717, 1.165) is 12.1 Å². The third-order valence-electron chi connectivity index (χ3n) is 7.23. The number of aliphatic hydroxyl groups is 1. The molecule has 4 rings (SSSR count). The lowest BCUT2D eigenvalue weighted by atomic mass is 10.2. The highest BCUT2D eigenvalue weighted by atomic mass is 16.6. The van der Waals surface area contributed by atoms with Crippen molar-refractivity contribution in [1.29, 1.82) is 0 Å². The highest BCUT2D eigenvalue weighted by Gasteiger charge is 2.19. The fraction of sp³-hybridized carbons (Fsp3) is 0.459. The van der Waals surface area contributed by atoms with Crippen molar-refractivity contribution >= 4 is 33.9 Å². The van der Waals surface area contributed by atoms with Crippen molar-refractivity contribution in [1.82, 2.24) is 0 Å². The molecule has 54 heavy (non-hydrogen) atoms. The summed E-state index contributed by atoms with van der Waals surface area (Å²) in [5, 5.41) is 10.7. The van der Waals surface area contributed by atoms with Crippen LogP contribution in [0.3, 0.4) is 0 Å². The van der Waals surface area contributed by atoms with E-state index in [-0.39, 0.29) is 84.6 Å². The molecule has 0 aliphatic rings. The number of ether oxygens (including phenoxy) is 10. The first-order valence-electron chi connectivity index (χ1n) is 17.0. The monoisotopic (exact) mass is 760 g/mol. The molecule has 0 bridgehead atoms. The molecule has 2 aromatic heterocycles. The Bertz CT molecular complexity index is 1750. The summed E-state index contributed by atoms with van der Waals surface area (Å²) in [5.41, 5.74) is -0.985. The summed E-state index contributed by atoms with van der Waals surface area (Å²) in [6.45, 7) is 2.70. The van der Waals surface area contributed by atoms with E-state index in [1.165, 1.54) is 24.3 Å². The van der Waals surface area contributed by atoms with Crippen LogP contribution in [0.15, 0.2) is 67.0 Å². The van der Waals surface area contributed by atoms with E-state index in [1.54, 1.807) is 26.4 Å². The molecule has 4 aromatic rings. The number of rotatable bonds is 26. The standard InChI is InChI=1S/C37H44O17/c1-43-9-11-45-13-15-47-17-19-49-36(41)32-21-26(39)34-28(5-3-7-30(34)53-32)51-23-25(38)24-52-29-6-4-8-31-35(29)27(40)22-33(54-31)37(42)50-20-18-48-16-14-46-12-10-44-2/h3-8,21-22,25,38H,9-20,23-24H2,1-2H3. The SMILES string of the molecule is COCCOCCOCCOC(=O)c1cc(=O)c2c(OCC(O)COc3cccc4oc(C(=O)OCCOCCOCCOC)cc(=O)c34)cccc2o1.